The van der Waals surface area contributed by atoms with E-state index in [9.17, 15) is 14.7 Å². The van der Waals surface area contributed by atoms with Crippen LogP contribution in [-0.4, -0.2) is 53.8 Å². The summed E-state index contributed by atoms with van der Waals surface area (Å²) in [7, 11) is 1.68. The number of carbonyl (C=O) groups excluding carboxylic acids is 1. The van der Waals surface area contributed by atoms with Gasteiger partial charge in [-0.3, -0.25) is 4.79 Å². The maximum absolute atomic E-state index is 14.3. The van der Waals surface area contributed by atoms with Gasteiger partial charge in [-0.25, -0.2) is 4.79 Å². The topological polar surface area (TPSA) is 88.1 Å². The van der Waals surface area contributed by atoms with E-state index in [1.165, 1.54) is 11.1 Å². The van der Waals surface area contributed by atoms with Crippen molar-refractivity contribution in [2.24, 2.45) is 11.3 Å². The van der Waals surface area contributed by atoms with Crippen LogP contribution in [0.5, 0.6) is 5.75 Å². The number of benzene rings is 2. The number of likely N-dealkylation sites (tertiary alicyclic amines) is 1. The van der Waals surface area contributed by atoms with Crippen molar-refractivity contribution in [3.63, 3.8) is 0 Å². The Kier molecular flexibility index (Phi) is 8.47. The molecule has 0 aromatic heterocycles. The molecule has 2 aromatic rings. The number of nitrogens with one attached hydrogen (secondary N) is 1. The maximum atomic E-state index is 14.3. The molecule has 228 valence electrons. The van der Waals surface area contributed by atoms with E-state index in [1.807, 2.05) is 12.1 Å². The highest BCUT2D eigenvalue weighted by molar-refractivity contribution is 5.88. The number of hydrogen-bond donors (Lipinski definition) is 2. The highest BCUT2D eigenvalue weighted by Gasteiger charge is 2.59. The molecule has 0 radical (unpaired) electrons. The average molecular weight is 577 g/mol. The molecule has 42 heavy (non-hydrogen) atoms. The number of ether oxygens (including phenoxy) is 2. The number of methoxy groups -OCH3 is 1. The fourth-order valence-electron chi connectivity index (χ4n) is 7.15. The fourth-order valence-corrected chi connectivity index (χ4v) is 7.15. The number of carboxylic acid groups (broad SMARTS) is 1. The molecule has 5 rings (SSSR count). The molecule has 7 nitrogen and oxygen atoms in total. The van der Waals surface area contributed by atoms with E-state index < -0.39 is 29.6 Å². The van der Waals surface area contributed by atoms with Crippen molar-refractivity contribution in [3.05, 3.63) is 64.7 Å². The second kappa shape index (κ2) is 11.6. The van der Waals surface area contributed by atoms with Crippen molar-refractivity contribution in [2.75, 3.05) is 13.7 Å². The molecule has 3 aliphatic rings. The van der Waals surface area contributed by atoms with Crippen LogP contribution >= 0.6 is 0 Å². The van der Waals surface area contributed by atoms with Gasteiger partial charge in [-0.1, -0.05) is 77.9 Å². The molecule has 0 unspecified atom stereocenters. The summed E-state index contributed by atoms with van der Waals surface area (Å²) in [6, 6.07) is 12.9. The van der Waals surface area contributed by atoms with E-state index in [2.05, 4.69) is 77.2 Å². The van der Waals surface area contributed by atoms with Crippen LogP contribution in [0.25, 0.3) is 0 Å². The van der Waals surface area contributed by atoms with Crippen LogP contribution in [-0.2, 0) is 26.3 Å². The molecule has 2 heterocycles. The lowest BCUT2D eigenvalue weighted by Crippen LogP contribution is -2.50. The average Bonchev–Trinajstić information content (AvgIpc) is 3.50. The van der Waals surface area contributed by atoms with Crippen molar-refractivity contribution in [2.45, 2.75) is 109 Å². The van der Waals surface area contributed by atoms with Gasteiger partial charge in [-0.2, -0.15) is 0 Å². The van der Waals surface area contributed by atoms with Gasteiger partial charge in [0.05, 0.1) is 13.2 Å². The smallest absolute Gasteiger partial charge is 0.326 e. The van der Waals surface area contributed by atoms with Crippen molar-refractivity contribution in [3.8, 4) is 5.75 Å². The Morgan fingerprint density at radius 2 is 1.71 bits per heavy atom. The molecule has 2 aromatic carbocycles. The third-order valence-electron chi connectivity index (χ3n) is 9.39. The standard InChI is InChI=1S/C35H48N2O5/c1-34(2,3)23-16-17-26(41-7)22(19-23)20-36-29-28(35(4,5)6)31(33(39)40)37(32(38)27-13-10-18-42-27)30(29)25-12-9-8-11-24(25)21-14-15-21/h8-9,11-12,16-17,19,21,27-31,36H,10,13-15,18,20H2,1-7H3,(H,39,40)/t27-,28-,29-,30-,31-/m0/s1. The molecular weight excluding hydrogens is 528 g/mol. The van der Waals surface area contributed by atoms with Crippen LogP contribution in [0.4, 0.5) is 0 Å². The summed E-state index contributed by atoms with van der Waals surface area (Å²) in [5, 5.41) is 14.6. The van der Waals surface area contributed by atoms with Crippen LogP contribution in [0.3, 0.4) is 0 Å². The van der Waals surface area contributed by atoms with Gasteiger partial charge in [0.15, 0.2) is 0 Å². The van der Waals surface area contributed by atoms with Gasteiger partial charge in [0, 0.05) is 30.7 Å². The molecular formula is C35H48N2O5. The molecule has 1 saturated carbocycles. The summed E-state index contributed by atoms with van der Waals surface area (Å²) >= 11 is 0. The van der Waals surface area contributed by atoms with Crippen molar-refractivity contribution in [1.82, 2.24) is 10.2 Å². The number of rotatable bonds is 8. The number of carboxylic acids is 1. The lowest BCUT2D eigenvalue weighted by atomic mass is 9.72. The zero-order chi connectivity index (χ0) is 30.4. The third-order valence-corrected chi connectivity index (χ3v) is 9.39. The zero-order valence-corrected chi connectivity index (χ0v) is 26.3. The predicted octanol–water partition coefficient (Wildman–Crippen LogP) is 6.21. The summed E-state index contributed by atoms with van der Waals surface area (Å²) in [4.78, 5) is 29.2. The van der Waals surface area contributed by atoms with Crippen molar-refractivity contribution >= 4 is 11.9 Å². The van der Waals surface area contributed by atoms with E-state index in [0.717, 1.165) is 36.1 Å². The molecule has 2 N–H and O–H groups in total. The minimum absolute atomic E-state index is 0.0348. The lowest BCUT2D eigenvalue weighted by Gasteiger charge is -2.35. The minimum atomic E-state index is -0.987. The van der Waals surface area contributed by atoms with Gasteiger partial charge in [0.1, 0.15) is 17.9 Å². The van der Waals surface area contributed by atoms with Gasteiger partial charge in [-0.05, 0) is 65.2 Å². The second-order valence-electron chi connectivity index (χ2n) is 14.5. The molecule has 2 saturated heterocycles. The van der Waals surface area contributed by atoms with Crippen LogP contribution in [0.2, 0.25) is 0 Å². The Labute approximate surface area is 251 Å². The van der Waals surface area contributed by atoms with Crippen LogP contribution in [0.15, 0.2) is 42.5 Å². The van der Waals surface area contributed by atoms with Crippen molar-refractivity contribution < 1.29 is 24.2 Å². The second-order valence-corrected chi connectivity index (χ2v) is 14.5. The Balaban J connectivity index is 1.63. The predicted molar refractivity (Wildman–Crippen MR) is 164 cm³/mol. The first-order valence-electron chi connectivity index (χ1n) is 15.5. The summed E-state index contributed by atoms with van der Waals surface area (Å²) in [6.45, 7) is 13.9. The Bertz CT molecular complexity index is 1300. The van der Waals surface area contributed by atoms with Crippen LogP contribution in [0.1, 0.15) is 101 Å². The monoisotopic (exact) mass is 576 g/mol. The summed E-state index contributed by atoms with van der Waals surface area (Å²) in [5.74, 6) is -0.289. The number of nitrogens with zero attached hydrogens (tertiary/aromatic N) is 1. The maximum Gasteiger partial charge on any atom is 0.326 e. The molecule has 1 amide bonds. The van der Waals surface area contributed by atoms with Gasteiger partial charge in [0.25, 0.3) is 5.91 Å². The Morgan fingerprint density at radius 1 is 1.02 bits per heavy atom. The lowest BCUT2D eigenvalue weighted by molar-refractivity contribution is -0.156. The van der Waals surface area contributed by atoms with Gasteiger partial charge in [-0.15, -0.1) is 0 Å². The Hall–Kier alpha value is -2.90. The number of carbonyl (C=O) groups is 2. The normalized spacial score (nSPS) is 26.5. The third kappa shape index (κ3) is 5.96. The quantitative estimate of drug-likeness (QED) is 0.389. The Morgan fingerprint density at radius 3 is 2.26 bits per heavy atom. The largest absolute Gasteiger partial charge is 0.496 e. The van der Waals surface area contributed by atoms with Gasteiger partial charge in [0.2, 0.25) is 0 Å². The van der Waals surface area contributed by atoms with E-state index in [4.69, 9.17) is 9.47 Å². The van der Waals surface area contributed by atoms with Crippen molar-refractivity contribution in [1.29, 1.82) is 0 Å². The van der Waals surface area contributed by atoms with Gasteiger partial charge < -0.3 is 24.8 Å². The van der Waals surface area contributed by atoms with Crippen LogP contribution < -0.4 is 10.1 Å². The summed E-state index contributed by atoms with van der Waals surface area (Å²) in [5.41, 5.74) is 4.06. The summed E-state index contributed by atoms with van der Waals surface area (Å²) < 4.78 is 11.6. The number of aliphatic carboxylic acids is 1. The molecule has 7 heteroatoms. The SMILES string of the molecule is COc1ccc(C(C)(C)C)cc1CN[C@H]1[C@H](C(C)(C)C)[C@@H](C(=O)O)N(C(=O)[C@@H]2CCCO2)[C@H]1c1ccccc1C1CC1. The highest BCUT2D eigenvalue weighted by atomic mass is 16.5. The van der Waals surface area contributed by atoms with E-state index >= 15 is 0 Å². The zero-order valence-electron chi connectivity index (χ0n) is 26.3. The van der Waals surface area contributed by atoms with E-state index in [1.54, 1.807) is 12.0 Å². The highest BCUT2D eigenvalue weighted by Crippen LogP contribution is 2.52. The first-order valence-corrected chi connectivity index (χ1v) is 15.5. The molecule has 2 aliphatic heterocycles. The molecule has 0 spiro atoms. The number of hydrogen-bond acceptors (Lipinski definition) is 5. The fraction of sp³-hybridized carbons (Fsp3) is 0.600. The van der Waals surface area contributed by atoms with Gasteiger partial charge >= 0.3 is 5.97 Å². The van der Waals surface area contributed by atoms with E-state index in [0.29, 0.717) is 25.5 Å². The first kappa shape index (κ1) is 30.6. The minimum Gasteiger partial charge on any atom is -0.496 e. The van der Waals surface area contributed by atoms with Crippen LogP contribution in [0, 0.1) is 11.3 Å². The first-order chi connectivity index (χ1) is 19.8. The molecule has 5 atom stereocenters. The summed E-state index contributed by atoms with van der Waals surface area (Å²) in [6.07, 6.45) is 3.05. The number of amides is 1. The van der Waals surface area contributed by atoms with E-state index in [-0.39, 0.29) is 23.3 Å². The molecule has 1 aliphatic carbocycles. The molecule has 3 fully saturated rings. The molecule has 0 bridgehead atoms.